The fraction of sp³-hybridized carbons (Fsp3) is 0.192. The van der Waals surface area contributed by atoms with Crippen LogP contribution in [-0.4, -0.2) is 53.5 Å². The fourth-order valence-corrected chi connectivity index (χ4v) is 4.25. The number of rotatable bonds is 5. The van der Waals surface area contributed by atoms with Gasteiger partial charge in [-0.3, -0.25) is 9.89 Å². The first-order valence-electron chi connectivity index (χ1n) is 11.4. The van der Waals surface area contributed by atoms with Crippen LogP contribution in [0.15, 0.2) is 60.7 Å². The molecule has 0 spiro atoms. The number of halogens is 3. The Bertz CT molecular complexity index is 1490. The average molecular weight is 510 g/mol. The van der Waals surface area contributed by atoms with Crippen molar-refractivity contribution in [1.29, 1.82) is 0 Å². The standard InChI is InChI=1S/C26H21F3N4O4/c27-26(28,29)18-10-17(12-20(14-18)33-6-8-37-9-7-33)24(34)30-19-3-1-2-15(11-19)16-4-5-21-22(13-16)31-32-23(21)25(35)36/h1-5,10-14H,6-9H2,(H,30,34)(H,31,32)(H,35,36). The van der Waals surface area contributed by atoms with Gasteiger partial charge >= 0.3 is 12.1 Å². The van der Waals surface area contributed by atoms with Crippen molar-refractivity contribution in [2.45, 2.75) is 6.18 Å². The number of anilines is 2. The summed E-state index contributed by atoms with van der Waals surface area (Å²) in [7, 11) is 0. The van der Waals surface area contributed by atoms with Crippen molar-refractivity contribution in [1.82, 2.24) is 10.2 Å². The molecule has 0 unspecified atom stereocenters. The molecular formula is C26H21F3N4O4. The number of morpholine rings is 1. The molecule has 1 amide bonds. The van der Waals surface area contributed by atoms with E-state index in [9.17, 15) is 27.9 Å². The zero-order valence-corrected chi connectivity index (χ0v) is 19.3. The monoisotopic (exact) mass is 510 g/mol. The summed E-state index contributed by atoms with van der Waals surface area (Å²) in [6, 6.07) is 15.3. The van der Waals surface area contributed by atoms with Gasteiger partial charge in [0.1, 0.15) is 0 Å². The fourth-order valence-electron chi connectivity index (χ4n) is 4.25. The number of nitrogens with zero attached hydrogens (tertiary/aromatic N) is 2. The summed E-state index contributed by atoms with van der Waals surface area (Å²) in [5, 5.41) is 18.9. The number of aromatic amines is 1. The minimum absolute atomic E-state index is 0.0832. The molecule has 2 heterocycles. The van der Waals surface area contributed by atoms with Gasteiger partial charge in [0.2, 0.25) is 0 Å². The molecule has 8 nitrogen and oxygen atoms in total. The van der Waals surface area contributed by atoms with Gasteiger partial charge in [0, 0.05) is 35.4 Å². The molecule has 4 aromatic rings. The Hall–Kier alpha value is -4.38. The second-order valence-corrected chi connectivity index (χ2v) is 8.54. The molecule has 0 bridgehead atoms. The highest BCUT2D eigenvalue weighted by Gasteiger charge is 2.32. The van der Waals surface area contributed by atoms with Gasteiger partial charge in [0.25, 0.3) is 5.91 Å². The maximum atomic E-state index is 13.6. The van der Waals surface area contributed by atoms with Crippen molar-refractivity contribution in [3.63, 3.8) is 0 Å². The summed E-state index contributed by atoms with van der Waals surface area (Å²) in [5.74, 6) is -1.82. The van der Waals surface area contributed by atoms with Gasteiger partial charge in [-0.05, 0) is 53.6 Å². The van der Waals surface area contributed by atoms with E-state index >= 15 is 0 Å². The van der Waals surface area contributed by atoms with Crippen LogP contribution in [0.2, 0.25) is 0 Å². The summed E-state index contributed by atoms with van der Waals surface area (Å²) in [4.78, 5) is 26.1. The van der Waals surface area contributed by atoms with Gasteiger partial charge < -0.3 is 20.1 Å². The number of carbonyl (C=O) groups is 2. The number of aromatic carboxylic acids is 1. The predicted octanol–water partition coefficient (Wildman–Crippen LogP) is 5.04. The number of carbonyl (C=O) groups excluding carboxylic acids is 1. The van der Waals surface area contributed by atoms with Crippen molar-refractivity contribution < 1.29 is 32.6 Å². The van der Waals surface area contributed by atoms with Crippen molar-refractivity contribution in [3.05, 3.63) is 77.5 Å². The van der Waals surface area contributed by atoms with E-state index in [2.05, 4.69) is 15.5 Å². The van der Waals surface area contributed by atoms with Crippen molar-refractivity contribution in [2.24, 2.45) is 0 Å². The van der Waals surface area contributed by atoms with E-state index in [4.69, 9.17) is 4.74 Å². The van der Waals surface area contributed by atoms with E-state index in [1.807, 2.05) is 0 Å². The lowest BCUT2D eigenvalue weighted by Gasteiger charge is -2.29. The smallest absolute Gasteiger partial charge is 0.416 e. The summed E-state index contributed by atoms with van der Waals surface area (Å²) in [5.41, 5.74) is 1.59. The quantitative estimate of drug-likeness (QED) is 0.348. The van der Waals surface area contributed by atoms with E-state index in [-0.39, 0.29) is 11.3 Å². The van der Waals surface area contributed by atoms with Gasteiger partial charge in [-0.2, -0.15) is 18.3 Å². The molecule has 3 N–H and O–H groups in total. The minimum Gasteiger partial charge on any atom is -0.476 e. The van der Waals surface area contributed by atoms with Crippen LogP contribution in [0.1, 0.15) is 26.4 Å². The highest BCUT2D eigenvalue weighted by atomic mass is 19.4. The van der Waals surface area contributed by atoms with Crippen molar-refractivity contribution in [2.75, 3.05) is 36.5 Å². The molecule has 0 aliphatic carbocycles. The van der Waals surface area contributed by atoms with E-state index in [0.717, 1.165) is 17.7 Å². The van der Waals surface area contributed by atoms with Crippen LogP contribution < -0.4 is 10.2 Å². The lowest BCUT2D eigenvalue weighted by Crippen LogP contribution is -2.36. The van der Waals surface area contributed by atoms with E-state index < -0.39 is 23.6 Å². The highest BCUT2D eigenvalue weighted by Crippen LogP contribution is 2.34. The summed E-state index contributed by atoms with van der Waals surface area (Å²) < 4.78 is 46.0. The number of hydrogen-bond acceptors (Lipinski definition) is 5. The second kappa shape index (κ2) is 9.58. The molecule has 0 saturated carbocycles. The molecule has 1 fully saturated rings. The number of aromatic nitrogens is 2. The van der Waals surface area contributed by atoms with Crippen molar-refractivity contribution in [3.8, 4) is 11.1 Å². The lowest BCUT2D eigenvalue weighted by atomic mass is 10.0. The van der Waals surface area contributed by atoms with Gasteiger partial charge in [-0.25, -0.2) is 4.79 Å². The lowest BCUT2D eigenvalue weighted by molar-refractivity contribution is -0.137. The Morgan fingerprint density at radius 2 is 1.76 bits per heavy atom. The largest absolute Gasteiger partial charge is 0.476 e. The molecular weight excluding hydrogens is 489 g/mol. The Balaban J connectivity index is 1.42. The van der Waals surface area contributed by atoms with E-state index in [1.54, 1.807) is 47.4 Å². The number of carboxylic acid groups (broad SMARTS) is 1. The van der Waals surface area contributed by atoms with Crippen LogP contribution in [0, 0.1) is 0 Å². The number of benzene rings is 3. The summed E-state index contributed by atoms with van der Waals surface area (Å²) >= 11 is 0. The molecule has 1 aliphatic heterocycles. The molecule has 5 rings (SSSR count). The maximum absolute atomic E-state index is 13.6. The third-order valence-corrected chi connectivity index (χ3v) is 6.10. The summed E-state index contributed by atoms with van der Waals surface area (Å²) in [6.07, 6.45) is -4.61. The van der Waals surface area contributed by atoms with Gasteiger partial charge in [0.05, 0.1) is 24.3 Å². The van der Waals surface area contributed by atoms with Gasteiger partial charge in [-0.15, -0.1) is 0 Å². The van der Waals surface area contributed by atoms with Crippen LogP contribution in [-0.2, 0) is 10.9 Å². The Kier molecular flexibility index (Phi) is 6.30. The van der Waals surface area contributed by atoms with Crippen LogP contribution >= 0.6 is 0 Å². The second-order valence-electron chi connectivity index (χ2n) is 8.54. The number of nitrogens with one attached hydrogen (secondary N) is 2. The Morgan fingerprint density at radius 3 is 2.49 bits per heavy atom. The van der Waals surface area contributed by atoms with E-state index in [1.165, 1.54) is 6.07 Å². The first kappa shape index (κ1) is 24.3. The number of amides is 1. The van der Waals surface area contributed by atoms with Crippen LogP contribution in [0.3, 0.4) is 0 Å². The van der Waals surface area contributed by atoms with Crippen LogP contribution in [0.4, 0.5) is 24.5 Å². The highest BCUT2D eigenvalue weighted by molar-refractivity contribution is 6.05. The molecule has 1 aromatic heterocycles. The molecule has 1 aliphatic rings. The molecule has 37 heavy (non-hydrogen) atoms. The molecule has 11 heteroatoms. The first-order valence-corrected chi connectivity index (χ1v) is 11.4. The summed E-state index contributed by atoms with van der Waals surface area (Å²) in [6.45, 7) is 1.65. The third kappa shape index (κ3) is 5.12. The zero-order chi connectivity index (χ0) is 26.2. The zero-order valence-electron chi connectivity index (χ0n) is 19.3. The first-order chi connectivity index (χ1) is 17.7. The average Bonchev–Trinajstić information content (AvgIpc) is 3.32. The number of carboxylic acids is 1. The van der Waals surface area contributed by atoms with E-state index in [0.29, 0.717) is 54.1 Å². The number of H-pyrrole nitrogens is 1. The van der Waals surface area contributed by atoms with Crippen LogP contribution in [0.25, 0.3) is 22.0 Å². The molecule has 0 atom stereocenters. The SMILES string of the molecule is O=C(Nc1cccc(-c2ccc3c(C(=O)O)n[nH]c3c2)c1)c1cc(N2CCOCC2)cc(C(F)(F)F)c1. The van der Waals surface area contributed by atoms with Crippen molar-refractivity contribution >= 4 is 34.2 Å². The third-order valence-electron chi connectivity index (χ3n) is 6.10. The molecule has 190 valence electrons. The molecule has 3 aromatic carbocycles. The Labute approximate surface area is 208 Å². The minimum atomic E-state index is -4.61. The molecule has 0 radical (unpaired) electrons. The predicted molar refractivity (Wildman–Crippen MR) is 131 cm³/mol. The molecule has 1 saturated heterocycles. The number of hydrogen-bond donors (Lipinski definition) is 3. The van der Waals surface area contributed by atoms with Gasteiger partial charge in [0.15, 0.2) is 5.69 Å². The number of alkyl halides is 3. The van der Waals surface area contributed by atoms with Crippen LogP contribution in [0.5, 0.6) is 0 Å². The Morgan fingerprint density at radius 1 is 1.00 bits per heavy atom. The number of ether oxygens (including phenoxy) is 1. The van der Waals surface area contributed by atoms with Gasteiger partial charge in [-0.1, -0.05) is 18.2 Å². The maximum Gasteiger partial charge on any atom is 0.416 e. The normalized spacial score (nSPS) is 14.1. The topological polar surface area (TPSA) is 108 Å². The number of fused-ring (bicyclic) bond motifs is 1.